The molecule has 1 unspecified atom stereocenters. The number of alkyl halides is 3. The van der Waals surface area contributed by atoms with Crippen molar-refractivity contribution in [3.8, 4) is 11.8 Å². The smallest absolute Gasteiger partial charge is 0.417 e. The van der Waals surface area contributed by atoms with Gasteiger partial charge in [0.15, 0.2) is 0 Å². The zero-order chi connectivity index (χ0) is 28.3. The predicted octanol–water partition coefficient (Wildman–Crippen LogP) is 3.53. The van der Waals surface area contributed by atoms with Crippen molar-refractivity contribution in [2.24, 2.45) is 11.8 Å². The maximum atomic E-state index is 13.6. The minimum absolute atomic E-state index is 0.0569. The fourth-order valence-corrected chi connectivity index (χ4v) is 6.14. The van der Waals surface area contributed by atoms with Crippen LogP contribution in [0.5, 0.6) is 5.75 Å². The first-order chi connectivity index (χ1) is 18.3. The van der Waals surface area contributed by atoms with Crippen LogP contribution in [0.2, 0.25) is 0 Å². The van der Waals surface area contributed by atoms with Crippen molar-refractivity contribution in [2.45, 2.75) is 31.2 Å². The van der Waals surface area contributed by atoms with Crippen LogP contribution < -0.4 is 9.64 Å². The second kappa shape index (κ2) is 9.03. The summed E-state index contributed by atoms with van der Waals surface area (Å²) in [4.78, 5) is 40.2. The van der Waals surface area contributed by atoms with E-state index in [1.807, 2.05) is 4.90 Å². The minimum atomic E-state index is -4.84. The highest BCUT2D eigenvalue weighted by molar-refractivity contribution is 6.23. The standard InChI is InChI=1S/C26H23F3N4O6/c1-24-13-31(9-10-38-18-7-5-16(6-8-18)33(36)37)14-25(2,39-24)21-20(24)22(34)32(23(21)35)17-4-3-15(12-30)19(11-17)26(27,28)29/h3-8,11,20-21H,9-10,13-14H2,1-2H3/t20-,21?,24+,25-/m0/s1. The van der Waals surface area contributed by atoms with Crippen LogP contribution in [0.4, 0.5) is 24.5 Å². The van der Waals surface area contributed by atoms with E-state index in [-0.39, 0.29) is 31.1 Å². The Bertz CT molecular complexity index is 1370. The number of benzene rings is 2. The molecule has 3 heterocycles. The number of anilines is 1. The molecule has 3 aliphatic heterocycles. The molecular weight excluding hydrogens is 521 g/mol. The van der Waals surface area contributed by atoms with Crippen LogP contribution in [0.15, 0.2) is 42.5 Å². The number of nitriles is 1. The Labute approximate surface area is 220 Å². The number of nitro benzene ring substituents is 1. The number of likely N-dealkylation sites (tertiary alicyclic amines) is 1. The average molecular weight is 544 g/mol. The summed E-state index contributed by atoms with van der Waals surface area (Å²) in [5.41, 5.74) is -4.26. The Kier molecular flexibility index (Phi) is 6.15. The van der Waals surface area contributed by atoms with Gasteiger partial charge in [0.05, 0.1) is 50.8 Å². The molecule has 0 radical (unpaired) electrons. The van der Waals surface area contributed by atoms with Crippen LogP contribution in [0, 0.1) is 33.3 Å². The molecular formula is C26H23F3N4O6. The van der Waals surface area contributed by atoms with Gasteiger partial charge < -0.3 is 9.47 Å². The lowest BCUT2D eigenvalue weighted by Gasteiger charge is -2.45. The molecule has 3 aliphatic rings. The fourth-order valence-electron chi connectivity index (χ4n) is 6.14. The van der Waals surface area contributed by atoms with E-state index in [0.29, 0.717) is 18.4 Å². The van der Waals surface area contributed by atoms with Gasteiger partial charge in [-0.1, -0.05) is 0 Å². The molecule has 4 atom stereocenters. The molecule has 2 bridgehead atoms. The number of nitrogens with zero attached hydrogens (tertiary/aromatic N) is 4. The van der Waals surface area contributed by atoms with Crippen molar-refractivity contribution in [1.82, 2.24) is 4.90 Å². The number of rotatable bonds is 6. The highest BCUT2D eigenvalue weighted by Gasteiger charge is 2.71. The average Bonchev–Trinajstić information content (AvgIpc) is 3.23. The van der Waals surface area contributed by atoms with Crippen LogP contribution in [-0.4, -0.2) is 59.1 Å². The van der Waals surface area contributed by atoms with Gasteiger partial charge in [-0.3, -0.25) is 24.6 Å². The lowest BCUT2D eigenvalue weighted by atomic mass is 9.79. The van der Waals surface area contributed by atoms with Gasteiger partial charge >= 0.3 is 6.18 Å². The van der Waals surface area contributed by atoms with Gasteiger partial charge in [0.25, 0.3) is 5.69 Å². The van der Waals surface area contributed by atoms with Crippen molar-refractivity contribution >= 4 is 23.2 Å². The number of fused-ring (bicyclic) bond motifs is 5. The quantitative estimate of drug-likeness (QED) is 0.307. The molecule has 0 aromatic heterocycles. The third-order valence-electron chi connectivity index (χ3n) is 7.57. The lowest BCUT2D eigenvalue weighted by Crippen LogP contribution is -2.58. The first-order valence-electron chi connectivity index (χ1n) is 12.1. The zero-order valence-electron chi connectivity index (χ0n) is 20.9. The van der Waals surface area contributed by atoms with Crippen molar-refractivity contribution < 1.29 is 37.2 Å². The number of hydrogen-bond acceptors (Lipinski definition) is 8. The number of halogens is 3. The van der Waals surface area contributed by atoms with E-state index in [4.69, 9.17) is 14.7 Å². The van der Waals surface area contributed by atoms with E-state index in [9.17, 15) is 32.9 Å². The van der Waals surface area contributed by atoms with E-state index in [0.717, 1.165) is 11.0 Å². The summed E-state index contributed by atoms with van der Waals surface area (Å²) >= 11 is 0. The number of hydrogen-bond donors (Lipinski definition) is 0. The fraction of sp³-hybridized carbons (Fsp3) is 0.423. The lowest BCUT2D eigenvalue weighted by molar-refractivity contribution is -0.384. The van der Waals surface area contributed by atoms with Crippen LogP contribution in [0.25, 0.3) is 0 Å². The predicted molar refractivity (Wildman–Crippen MR) is 129 cm³/mol. The Hall–Kier alpha value is -4.02. The highest BCUT2D eigenvalue weighted by atomic mass is 19.4. The number of carbonyl (C=O) groups excluding carboxylic acids is 2. The van der Waals surface area contributed by atoms with Crippen molar-refractivity contribution in [3.63, 3.8) is 0 Å². The molecule has 2 aromatic carbocycles. The normalized spacial score (nSPS) is 28.4. The molecule has 2 amide bonds. The molecule has 204 valence electrons. The maximum absolute atomic E-state index is 13.6. The summed E-state index contributed by atoms with van der Waals surface area (Å²) in [6, 6.07) is 9.95. The molecule has 3 saturated heterocycles. The van der Waals surface area contributed by atoms with Gasteiger partial charge in [0.2, 0.25) is 11.8 Å². The number of morpholine rings is 1. The number of imide groups is 1. The summed E-state index contributed by atoms with van der Waals surface area (Å²) in [5, 5.41) is 19.9. The van der Waals surface area contributed by atoms with Gasteiger partial charge in [-0.25, -0.2) is 4.90 Å². The van der Waals surface area contributed by atoms with Gasteiger partial charge in [-0.05, 0) is 44.2 Å². The largest absolute Gasteiger partial charge is 0.492 e. The molecule has 5 rings (SSSR count). The van der Waals surface area contributed by atoms with Crippen LogP contribution >= 0.6 is 0 Å². The van der Waals surface area contributed by atoms with E-state index >= 15 is 0 Å². The maximum Gasteiger partial charge on any atom is 0.417 e. The van der Waals surface area contributed by atoms with Crippen LogP contribution in [-0.2, 0) is 20.5 Å². The van der Waals surface area contributed by atoms with E-state index in [1.165, 1.54) is 36.4 Å². The Morgan fingerprint density at radius 1 is 1.10 bits per heavy atom. The third-order valence-corrected chi connectivity index (χ3v) is 7.57. The van der Waals surface area contributed by atoms with Gasteiger partial charge in [0.1, 0.15) is 12.4 Å². The molecule has 39 heavy (non-hydrogen) atoms. The number of carbonyl (C=O) groups is 2. The Balaban J connectivity index is 1.33. The molecule has 0 spiro atoms. The second-order valence-electron chi connectivity index (χ2n) is 10.3. The highest BCUT2D eigenvalue weighted by Crippen LogP contribution is 2.55. The minimum Gasteiger partial charge on any atom is -0.492 e. The number of amides is 2. The second-order valence-corrected chi connectivity index (χ2v) is 10.3. The number of ether oxygens (including phenoxy) is 2. The first-order valence-corrected chi connectivity index (χ1v) is 12.1. The van der Waals surface area contributed by atoms with Gasteiger partial charge in [0, 0.05) is 31.8 Å². The summed E-state index contributed by atoms with van der Waals surface area (Å²) in [6.45, 7) is 4.64. The SMILES string of the molecule is C[C@]12CN(CCOc3ccc([N+](=O)[O-])cc3)C[C@](C)(O1)C1C(=O)N(c3ccc(C#N)c(C(F)(F)F)c3)C(=O)[C@H]12. The molecule has 2 aromatic rings. The zero-order valence-corrected chi connectivity index (χ0v) is 20.9. The molecule has 0 aliphatic carbocycles. The monoisotopic (exact) mass is 544 g/mol. The topological polar surface area (TPSA) is 126 Å². The van der Waals surface area contributed by atoms with Crippen LogP contribution in [0.3, 0.4) is 0 Å². The summed E-state index contributed by atoms with van der Waals surface area (Å²) in [7, 11) is 0. The van der Waals surface area contributed by atoms with Gasteiger partial charge in [-0.2, -0.15) is 18.4 Å². The van der Waals surface area contributed by atoms with Crippen molar-refractivity contribution in [1.29, 1.82) is 5.26 Å². The van der Waals surface area contributed by atoms with Gasteiger partial charge in [-0.15, -0.1) is 0 Å². The van der Waals surface area contributed by atoms with E-state index in [2.05, 4.69) is 0 Å². The summed E-state index contributed by atoms with van der Waals surface area (Å²) < 4.78 is 52.6. The Morgan fingerprint density at radius 2 is 1.69 bits per heavy atom. The molecule has 3 fully saturated rings. The molecule has 10 nitrogen and oxygen atoms in total. The Morgan fingerprint density at radius 3 is 2.21 bits per heavy atom. The van der Waals surface area contributed by atoms with E-state index < -0.39 is 57.1 Å². The summed E-state index contributed by atoms with van der Waals surface area (Å²) in [5.74, 6) is -2.63. The number of nitro groups is 1. The third kappa shape index (κ3) is 4.39. The molecule has 0 saturated carbocycles. The van der Waals surface area contributed by atoms with E-state index in [1.54, 1.807) is 13.8 Å². The molecule has 0 N–H and O–H groups in total. The van der Waals surface area contributed by atoms with Crippen molar-refractivity contribution in [3.05, 3.63) is 63.7 Å². The first kappa shape index (κ1) is 26.6. The van der Waals surface area contributed by atoms with Crippen molar-refractivity contribution in [2.75, 3.05) is 31.1 Å². The van der Waals surface area contributed by atoms with Crippen LogP contribution in [0.1, 0.15) is 25.0 Å². The molecule has 13 heteroatoms. The number of non-ortho nitro benzene ring substituents is 1. The summed E-state index contributed by atoms with van der Waals surface area (Å²) in [6.07, 6.45) is -4.84.